The highest BCUT2D eigenvalue weighted by atomic mass is 32.1. The van der Waals surface area contributed by atoms with Crippen LogP contribution < -0.4 is 5.32 Å². The zero-order valence-corrected chi connectivity index (χ0v) is 16.7. The van der Waals surface area contributed by atoms with E-state index in [-0.39, 0.29) is 0 Å². The Bertz CT molecular complexity index is 633. The molecule has 0 aliphatic carbocycles. The van der Waals surface area contributed by atoms with Crippen LogP contribution in [-0.2, 0) is 16.0 Å². The molecule has 144 valence electrons. The van der Waals surface area contributed by atoms with E-state index in [2.05, 4.69) is 39.3 Å². The Kier molecular flexibility index (Phi) is 5.38. The standard InChI is InChI=1S/C19H30N4O2S/c1-15-21-16(13-26-15)11-23(18-12-24-14-25-18)17-3-9-22(10-4-17)19(2)5-7-20-8-6-19/h12-13,17,20H,3-11,14H2,1-2H3. The van der Waals surface area contributed by atoms with Gasteiger partial charge < -0.3 is 19.7 Å². The van der Waals surface area contributed by atoms with Crippen molar-refractivity contribution < 1.29 is 9.47 Å². The molecule has 1 N–H and O–H groups in total. The highest BCUT2D eigenvalue weighted by Crippen LogP contribution is 2.32. The summed E-state index contributed by atoms with van der Waals surface area (Å²) >= 11 is 1.71. The van der Waals surface area contributed by atoms with Crippen molar-refractivity contribution in [1.29, 1.82) is 0 Å². The van der Waals surface area contributed by atoms with Crippen molar-refractivity contribution >= 4 is 11.3 Å². The Morgan fingerprint density at radius 3 is 2.73 bits per heavy atom. The van der Waals surface area contributed by atoms with Crippen LogP contribution in [0.15, 0.2) is 17.5 Å². The molecule has 4 rings (SSSR count). The lowest BCUT2D eigenvalue weighted by Gasteiger charge is -2.48. The molecule has 0 spiro atoms. The van der Waals surface area contributed by atoms with Gasteiger partial charge in [0.2, 0.25) is 12.7 Å². The van der Waals surface area contributed by atoms with Crippen LogP contribution in [0.3, 0.4) is 0 Å². The summed E-state index contributed by atoms with van der Waals surface area (Å²) in [6.07, 6.45) is 6.59. The van der Waals surface area contributed by atoms with Gasteiger partial charge in [0.1, 0.15) is 6.26 Å². The van der Waals surface area contributed by atoms with E-state index in [0.29, 0.717) is 18.4 Å². The third-order valence-electron chi connectivity index (χ3n) is 6.09. The van der Waals surface area contributed by atoms with Gasteiger partial charge in [0.15, 0.2) is 0 Å². The third-order valence-corrected chi connectivity index (χ3v) is 6.91. The summed E-state index contributed by atoms with van der Waals surface area (Å²) in [4.78, 5) is 9.73. The van der Waals surface area contributed by atoms with E-state index in [9.17, 15) is 0 Å². The Labute approximate surface area is 160 Å². The molecule has 3 aliphatic rings. The Hall–Kier alpha value is -1.31. The van der Waals surface area contributed by atoms with Gasteiger partial charge in [0.05, 0.1) is 17.2 Å². The number of likely N-dealkylation sites (tertiary alicyclic amines) is 1. The molecule has 0 saturated carbocycles. The zero-order chi connectivity index (χ0) is 18.0. The van der Waals surface area contributed by atoms with Crippen LogP contribution in [0.4, 0.5) is 0 Å². The normalized spacial score (nSPS) is 24.0. The molecule has 26 heavy (non-hydrogen) atoms. The molecular formula is C19H30N4O2S. The van der Waals surface area contributed by atoms with Gasteiger partial charge in [-0.25, -0.2) is 4.98 Å². The van der Waals surface area contributed by atoms with Gasteiger partial charge in [0, 0.05) is 30.1 Å². The van der Waals surface area contributed by atoms with Gasteiger partial charge in [0.25, 0.3) is 0 Å². The zero-order valence-electron chi connectivity index (χ0n) is 15.9. The van der Waals surface area contributed by atoms with Crippen molar-refractivity contribution in [2.45, 2.75) is 57.7 Å². The fourth-order valence-corrected chi connectivity index (χ4v) is 5.03. The average Bonchev–Trinajstić information content (AvgIpc) is 3.32. The van der Waals surface area contributed by atoms with Gasteiger partial charge in [-0.2, -0.15) is 0 Å². The molecule has 0 unspecified atom stereocenters. The largest absolute Gasteiger partial charge is 0.459 e. The summed E-state index contributed by atoms with van der Waals surface area (Å²) in [5, 5.41) is 6.77. The second-order valence-electron chi connectivity index (χ2n) is 7.84. The molecule has 0 atom stereocenters. The minimum Gasteiger partial charge on any atom is -0.459 e. The first-order chi connectivity index (χ1) is 12.6. The van der Waals surface area contributed by atoms with E-state index in [1.165, 1.54) is 12.8 Å². The smallest absolute Gasteiger partial charge is 0.232 e. The number of thiazole rings is 1. The number of aryl methyl sites for hydroxylation is 1. The van der Waals surface area contributed by atoms with E-state index in [1.807, 2.05) is 0 Å². The highest BCUT2D eigenvalue weighted by molar-refractivity contribution is 7.09. The SMILES string of the molecule is Cc1nc(CN(C2=COCO2)C2CCN(C3(C)CCNCC3)CC2)cs1. The van der Waals surface area contributed by atoms with Crippen molar-refractivity contribution in [1.82, 2.24) is 20.1 Å². The molecule has 0 aromatic carbocycles. The lowest BCUT2D eigenvalue weighted by molar-refractivity contribution is -0.000712. The van der Waals surface area contributed by atoms with Crippen molar-refractivity contribution in [2.24, 2.45) is 0 Å². The van der Waals surface area contributed by atoms with Crippen LogP contribution in [0.25, 0.3) is 0 Å². The van der Waals surface area contributed by atoms with Gasteiger partial charge in [-0.15, -0.1) is 11.3 Å². The molecule has 3 aliphatic heterocycles. The molecule has 0 bridgehead atoms. The van der Waals surface area contributed by atoms with E-state index >= 15 is 0 Å². The number of ether oxygens (including phenoxy) is 2. The number of aromatic nitrogens is 1. The Morgan fingerprint density at radius 2 is 2.12 bits per heavy atom. The van der Waals surface area contributed by atoms with Crippen LogP contribution in [0, 0.1) is 6.92 Å². The topological polar surface area (TPSA) is 49.9 Å². The summed E-state index contributed by atoms with van der Waals surface area (Å²) in [5.41, 5.74) is 1.48. The van der Waals surface area contributed by atoms with Crippen molar-refractivity contribution in [3.8, 4) is 0 Å². The van der Waals surface area contributed by atoms with Crippen LogP contribution in [0.5, 0.6) is 0 Å². The lowest BCUT2D eigenvalue weighted by atomic mass is 9.86. The van der Waals surface area contributed by atoms with E-state index in [1.54, 1.807) is 17.6 Å². The van der Waals surface area contributed by atoms with Crippen molar-refractivity contribution in [3.63, 3.8) is 0 Å². The summed E-state index contributed by atoms with van der Waals surface area (Å²) in [6, 6.07) is 0.478. The first-order valence-corrected chi connectivity index (χ1v) is 10.6. The Balaban J connectivity index is 1.42. The number of nitrogens with zero attached hydrogens (tertiary/aromatic N) is 3. The van der Waals surface area contributed by atoms with Gasteiger partial charge in [-0.1, -0.05) is 0 Å². The monoisotopic (exact) mass is 378 g/mol. The maximum atomic E-state index is 5.73. The molecular weight excluding hydrogens is 348 g/mol. The minimum absolute atomic E-state index is 0.325. The third kappa shape index (κ3) is 3.85. The van der Waals surface area contributed by atoms with Crippen molar-refractivity contribution in [2.75, 3.05) is 33.0 Å². The summed E-state index contributed by atoms with van der Waals surface area (Å²) < 4.78 is 11.1. The molecule has 4 heterocycles. The molecule has 6 nitrogen and oxygen atoms in total. The minimum atomic E-state index is 0.325. The van der Waals surface area contributed by atoms with E-state index < -0.39 is 0 Å². The van der Waals surface area contributed by atoms with Crippen LogP contribution in [0.1, 0.15) is 43.3 Å². The highest BCUT2D eigenvalue weighted by Gasteiger charge is 2.37. The molecule has 7 heteroatoms. The number of rotatable bonds is 5. The quantitative estimate of drug-likeness (QED) is 0.850. The number of hydrogen-bond donors (Lipinski definition) is 1. The predicted octanol–water partition coefficient (Wildman–Crippen LogP) is 2.66. The van der Waals surface area contributed by atoms with Crippen LogP contribution in [0.2, 0.25) is 0 Å². The first-order valence-electron chi connectivity index (χ1n) is 9.72. The summed E-state index contributed by atoms with van der Waals surface area (Å²) in [6.45, 7) is 10.2. The molecule has 0 radical (unpaired) electrons. The molecule has 0 amide bonds. The second kappa shape index (κ2) is 7.74. The van der Waals surface area contributed by atoms with Crippen LogP contribution in [-0.4, -0.2) is 59.3 Å². The van der Waals surface area contributed by atoms with Gasteiger partial charge in [-0.3, -0.25) is 4.90 Å². The molecule has 2 fully saturated rings. The molecule has 1 aromatic heterocycles. The maximum Gasteiger partial charge on any atom is 0.232 e. The van der Waals surface area contributed by atoms with Gasteiger partial charge in [-0.05, 0) is 52.6 Å². The van der Waals surface area contributed by atoms with Crippen LogP contribution >= 0.6 is 11.3 Å². The number of piperidine rings is 2. The maximum absolute atomic E-state index is 5.73. The Morgan fingerprint density at radius 1 is 1.35 bits per heavy atom. The van der Waals surface area contributed by atoms with Gasteiger partial charge >= 0.3 is 0 Å². The molecule has 1 aromatic rings. The number of nitrogens with one attached hydrogen (secondary N) is 1. The van der Waals surface area contributed by atoms with E-state index in [0.717, 1.165) is 62.2 Å². The summed E-state index contributed by atoms with van der Waals surface area (Å²) in [5.74, 6) is 0.863. The first kappa shape index (κ1) is 18.1. The second-order valence-corrected chi connectivity index (χ2v) is 8.90. The average molecular weight is 379 g/mol. The molecule has 2 saturated heterocycles. The predicted molar refractivity (Wildman–Crippen MR) is 103 cm³/mol. The van der Waals surface area contributed by atoms with Crippen molar-refractivity contribution in [3.05, 3.63) is 28.2 Å². The summed E-state index contributed by atoms with van der Waals surface area (Å²) in [7, 11) is 0. The van der Waals surface area contributed by atoms with E-state index in [4.69, 9.17) is 9.47 Å². The lowest BCUT2D eigenvalue weighted by Crippen LogP contribution is -2.56. The number of hydrogen-bond acceptors (Lipinski definition) is 7. The fraction of sp³-hybridized carbons (Fsp3) is 0.737. The fourth-order valence-electron chi connectivity index (χ4n) is 4.43.